The van der Waals surface area contributed by atoms with Crippen molar-refractivity contribution in [2.75, 3.05) is 24.5 Å². The summed E-state index contributed by atoms with van der Waals surface area (Å²) in [4.78, 5) is 18.8. The van der Waals surface area contributed by atoms with Crippen LogP contribution in [0.4, 0.5) is 5.69 Å². The van der Waals surface area contributed by atoms with E-state index in [9.17, 15) is 4.79 Å². The molecule has 2 aliphatic heterocycles. The number of amides is 1. The van der Waals surface area contributed by atoms with Crippen LogP contribution in [-0.2, 0) is 6.54 Å². The molecule has 31 heavy (non-hydrogen) atoms. The Morgan fingerprint density at radius 2 is 1.71 bits per heavy atom. The first-order chi connectivity index (χ1) is 15.1. The van der Waals surface area contributed by atoms with Gasteiger partial charge in [0, 0.05) is 49.3 Å². The number of carbonyl (C=O) groups excluding carboxylic acids is 1. The molecule has 0 unspecified atom stereocenters. The Labute approximate surface area is 188 Å². The van der Waals surface area contributed by atoms with Crippen LogP contribution in [0.1, 0.15) is 40.1 Å². The van der Waals surface area contributed by atoms with E-state index < -0.39 is 0 Å². The first kappa shape index (κ1) is 20.1. The van der Waals surface area contributed by atoms with Crippen molar-refractivity contribution in [3.8, 4) is 5.75 Å². The molecule has 3 heterocycles. The van der Waals surface area contributed by atoms with Gasteiger partial charge in [0.25, 0.3) is 5.91 Å². The number of piperidine rings is 1. The topological polar surface area (TPSA) is 32.8 Å². The van der Waals surface area contributed by atoms with Gasteiger partial charge in [-0.3, -0.25) is 4.79 Å². The maximum atomic E-state index is 13.0. The summed E-state index contributed by atoms with van der Waals surface area (Å²) in [6, 6.07) is 20.6. The van der Waals surface area contributed by atoms with Crippen LogP contribution in [0.25, 0.3) is 0 Å². The number of anilines is 1. The van der Waals surface area contributed by atoms with E-state index in [2.05, 4.69) is 46.7 Å². The van der Waals surface area contributed by atoms with Gasteiger partial charge in [-0.2, -0.15) is 0 Å². The molecule has 0 bridgehead atoms. The lowest BCUT2D eigenvalue weighted by atomic mass is 9.87. The summed E-state index contributed by atoms with van der Waals surface area (Å²) in [6.07, 6.45) is 2.71. The number of fused-ring (bicyclic) bond motifs is 1. The van der Waals surface area contributed by atoms with E-state index in [1.807, 2.05) is 36.1 Å². The van der Waals surface area contributed by atoms with Gasteiger partial charge in [0.15, 0.2) is 0 Å². The smallest absolute Gasteiger partial charge is 0.253 e. The average Bonchev–Trinajstić information content (AvgIpc) is 3.26. The summed E-state index contributed by atoms with van der Waals surface area (Å²) in [5.74, 6) is 1.10. The van der Waals surface area contributed by atoms with Crippen LogP contribution in [-0.4, -0.2) is 36.0 Å². The van der Waals surface area contributed by atoms with E-state index in [1.165, 1.54) is 16.1 Å². The number of hydrogen-bond donors (Lipinski definition) is 0. The van der Waals surface area contributed by atoms with Gasteiger partial charge < -0.3 is 14.5 Å². The second kappa shape index (κ2) is 8.39. The number of carbonyl (C=O) groups is 1. The lowest BCUT2D eigenvalue weighted by Crippen LogP contribution is -2.50. The molecule has 3 aromatic rings. The number of likely N-dealkylation sites (tertiary alicyclic amines) is 1. The van der Waals surface area contributed by atoms with Crippen LogP contribution in [0.2, 0.25) is 0 Å². The van der Waals surface area contributed by atoms with Crippen molar-refractivity contribution in [1.29, 1.82) is 0 Å². The van der Waals surface area contributed by atoms with Crippen molar-refractivity contribution in [1.82, 2.24) is 4.90 Å². The molecular weight excluding hydrogens is 404 g/mol. The minimum atomic E-state index is -0.204. The number of nitrogens with zero attached hydrogens (tertiary/aromatic N) is 2. The van der Waals surface area contributed by atoms with Gasteiger partial charge in [0.1, 0.15) is 11.4 Å². The highest BCUT2D eigenvalue weighted by Crippen LogP contribution is 2.41. The average molecular weight is 433 g/mol. The summed E-state index contributed by atoms with van der Waals surface area (Å²) in [7, 11) is 0. The molecule has 0 aliphatic carbocycles. The molecule has 0 atom stereocenters. The maximum absolute atomic E-state index is 13.0. The second-order valence-electron chi connectivity index (χ2n) is 8.66. The molecule has 4 nitrogen and oxygen atoms in total. The maximum Gasteiger partial charge on any atom is 0.253 e. The van der Waals surface area contributed by atoms with Gasteiger partial charge in [0.2, 0.25) is 0 Å². The molecule has 1 fully saturated rings. The highest BCUT2D eigenvalue weighted by atomic mass is 32.1. The van der Waals surface area contributed by atoms with Gasteiger partial charge in [-0.25, -0.2) is 0 Å². The van der Waals surface area contributed by atoms with E-state index in [1.54, 1.807) is 11.3 Å². The summed E-state index contributed by atoms with van der Waals surface area (Å²) in [5, 5.41) is 2.14. The van der Waals surface area contributed by atoms with Crippen LogP contribution in [0.5, 0.6) is 5.75 Å². The number of rotatable bonds is 3. The number of aryl methyl sites for hydroxylation is 1. The number of ether oxygens (including phenoxy) is 1. The van der Waals surface area contributed by atoms with E-state index >= 15 is 0 Å². The van der Waals surface area contributed by atoms with E-state index in [-0.39, 0.29) is 11.5 Å². The molecular formula is C26H28N2O2S. The summed E-state index contributed by atoms with van der Waals surface area (Å²) < 4.78 is 6.71. The molecule has 1 amide bonds. The van der Waals surface area contributed by atoms with Crippen molar-refractivity contribution in [2.45, 2.75) is 38.3 Å². The fourth-order valence-electron chi connectivity index (χ4n) is 4.65. The van der Waals surface area contributed by atoms with Crippen molar-refractivity contribution >= 4 is 22.9 Å². The Bertz CT molecular complexity index is 1040. The van der Waals surface area contributed by atoms with Crippen molar-refractivity contribution in [3.63, 3.8) is 0 Å². The van der Waals surface area contributed by atoms with Crippen molar-refractivity contribution in [2.24, 2.45) is 0 Å². The Morgan fingerprint density at radius 3 is 2.45 bits per heavy atom. The molecule has 1 spiro atoms. The highest BCUT2D eigenvalue weighted by Gasteiger charge is 2.40. The van der Waals surface area contributed by atoms with Crippen molar-refractivity contribution < 1.29 is 9.53 Å². The van der Waals surface area contributed by atoms with Crippen LogP contribution in [0.3, 0.4) is 0 Å². The zero-order valence-corrected chi connectivity index (χ0v) is 18.7. The fraction of sp³-hybridized carbons (Fsp3) is 0.346. The van der Waals surface area contributed by atoms with Crippen LogP contribution < -0.4 is 9.64 Å². The third-order valence-electron chi connectivity index (χ3n) is 6.56. The largest absolute Gasteiger partial charge is 0.485 e. The molecule has 0 saturated carbocycles. The van der Waals surface area contributed by atoms with Crippen molar-refractivity contribution in [3.05, 3.63) is 82.0 Å². The minimum absolute atomic E-state index is 0.128. The molecule has 2 aliphatic rings. The SMILES string of the molecule is Cc1ccc(C(=O)N2CCC3(CC2)CCN(Cc2cccs2)c2ccccc2O3)cc1. The first-order valence-electron chi connectivity index (χ1n) is 11.0. The molecule has 160 valence electrons. The monoisotopic (exact) mass is 432 g/mol. The van der Waals surface area contributed by atoms with Crippen LogP contribution >= 0.6 is 11.3 Å². The predicted octanol–water partition coefficient (Wildman–Crippen LogP) is 5.52. The molecule has 0 N–H and O–H groups in total. The lowest BCUT2D eigenvalue weighted by Gasteiger charge is -2.41. The third kappa shape index (κ3) is 4.19. The highest BCUT2D eigenvalue weighted by molar-refractivity contribution is 7.09. The zero-order valence-electron chi connectivity index (χ0n) is 17.9. The lowest BCUT2D eigenvalue weighted by molar-refractivity contribution is 0.00239. The number of para-hydroxylation sites is 2. The molecule has 2 aromatic carbocycles. The Hall–Kier alpha value is -2.79. The molecule has 5 rings (SSSR count). The third-order valence-corrected chi connectivity index (χ3v) is 7.42. The van der Waals surface area contributed by atoms with Crippen LogP contribution in [0.15, 0.2) is 66.0 Å². The molecule has 0 radical (unpaired) electrons. The standard InChI is InChI=1S/C26H28N2O2S/c1-20-8-10-21(11-9-20)25(29)27-15-12-26(13-16-27)14-17-28(19-22-5-4-18-31-22)23-6-2-3-7-24(23)30-26/h2-11,18H,12-17,19H2,1H3. The predicted molar refractivity (Wildman–Crippen MR) is 126 cm³/mol. The van der Waals surface area contributed by atoms with Gasteiger partial charge in [-0.1, -0.05) is 35.9 Å². The molecule has 1 saturated heterocycles. The number of hydrogen-bond acceptors (Lipinski definition) is 4. The summed E-state index contributed by atoms with van der Waals surface area (Å²) in [5.41, 5.74) is 2.91. The minimum Gasteiger partial charge on any atom is -0.485 e. The van der Waals surface area contributed by atoms with Gasteiger partial charge in [0.05, 0.1) is 12.2 Å². The fourth-order valence-corrected chi connectivity index (χ4v) is 5.37. The summed E-state index contributed by atoms with van der Waals surface area (Å²) in [6.45, 7) is 5.38. The summed E-state index contributed by atoms with van der Waals surface area (Å²) >= 11 is 1.80. The van der Waals surface area contributed by atoms with E-state index in [0.717, 1.165) is 56.8 Å². The number of thiophene rings is 1. The Kier molecular flexibility index (Phi) is 5.45. The van der Waals surface area contributed by atoms with Gasteiger partial charge >= 0.3 is 0 Å². The van der Waals surface area contributed by atoms with E-state index in [0.29, 0.717) is 0 Å². The van der Waals surface area contributed by atoms with Crippen LogP contribution in [0, 0.1) is 6.92 Å². The quantitative estimate of drug-likeness (QED) is 0.546. The first-order valence-corrected chi connectivity index (χ1v) is 11.9. The zero-order chi connectivity index (χ0) is 21.3. The molecule has 5 heteroatoms. The molecule has 1 aromatic heterocycles. The second-order valence-corrected chi connectivity index (χ2v) is 9.69. The van der Waals surface area contributed by atoms with Gasteiger partial charge in [-0.05, 0) is 42.6 Å². The normalized spacial score (nSPS) is 17.7. The van der Waals surface area contributed by atoms with Gasteiger partial charge in [-0.15, -0.1) is 11.3 Å². The Morgan fingerprint density at radius 1 is 0.968 bits per heavy atom. The van der Waals surface area contributed by atoms with E-state index in [4.69, 9.17) is 4.74 Å². The number of benzene rings is 2. The Balaban J connectivity index is 1.31.